The fourth-order valence-electron chi connectivity index (χ4n) is 2.68. The molecular formula is C18H17NO2. The van der Waals surface area contributed by atoms with Gasteiger partial charge in [0.15, 0.2) is 0 Å². The summed E-state index contributed by atoms with van der Waals surface area (Å²) in [5, 5.41) is 10.1. The highest BCUT2D eigenvalue weighted by atomic mass is 16.4. The van der Waals surface area contributed by atoms with Gasteiger partial charge in [0.25, 0.3) is 0 Å². The molecule has 0 amide bonds. The number of fused-ring (bicyclic) bond motifs is 1. The van der Waals surface area contributed by atoms with Crippen LogP contribution in [0, 0.1) is 0 Å². The summed E-state index contributed by atoms with van der Waals surface area (Å²) >= 11 is 0. The standard InChI is InChI=1S/C18H17NO2/c20-18(21)17-12-15-14(10-5-11-16(15)19-17)9-4-8-13-6-2-1-3-7-13/h1-3,5-7,10-12,19H,4,8-9H2,(H,20,21). The maximum absolute atomic E-state index is 11.0. The van der Waals surface area contributed by atoms with Crippen molar-refractivity contribution in [1.29, 1.82) is 0 Å². The molecule has 106 valence electrons. The van der Waals surface area contributed by atoms with Gasteiger partial charge in [-0.2, -0.15) is 0 Å². The van der Waals surface area contributed by atoms with Gasteiger partial charge in [0.2, 0.25) is 0 Å². The minimum Gasteiger partial charge on any atom is -0.477 e. The van der Waals surface area contributed by atoms with E-state index in [-0.39, 0.29) is 5.69 Å². The number of hydrogen-bond donors (Lipinski definition) is 2. The van der Waals surface area contributed by atoms with Gasteiger partial charge in [0, 0.05) is 10.9 Å². The highest BCUT2D eigenvalue weighted by molar-refractivity contribution is 5.95. The molecule has 0 aliphatic rings. The van der Waals surface area contributed by atoms with Crippen molar-refractivity contribution >= 4 is 16.9 Å². The number of hydrogen-bond acceptors (Lipinski definition) is 1. The highest BCUT2D eigenvalue weighted by Crippen LogP contribution is 2.22. The van der Waals surface area contributed by atoms with Gasteiger partial charge < -0.3 is 10.1 Å². The molecule has 0 fully saturated rings. The molecule has 3 rings (SSSR count). The van der Waals surface area contributed by atoms with Crippen molar-refractivity contribution < 1.29 is 9.90 Å². The summed E-state index contributed by atoms with van der Waals surface area (Å²) in [7, 11) is 0. The van der Waals surface area contributed by atoms with Crippen molar-refractivity contribution in [3.05, 3.63) is 71.4 Å². The molecule has 21 heavy (non-hydrogen) atoms. The van der Waals surface area contributed by atoms with Crippen molar-refractivity contribution in [1.82, 2.24) is 4.98 Å². The lowest BCUT2D eigenvalue weighted by Gasteiger charge is -2.04. The molecule has 0 radical (unpaired) electrons. The Kier molecular flexibility index (Phi) is 3.73. The number of aromatic carboxylic acids is 1. The number of nitrogens with one attached hydrogen (secondary N) is 1. The van der Waals surface area contributed by atoms with E-state index in [1.165, 1.54) is 11.1 Å². The van der Waals surface area contributed by atoms with Crippen LogP contribution in [-0.2, 0) is 12.8 Å². The first-order valence-electron chi connectivity index (χ1n) is 7.12. The van der Waals surface area contributed by atoms with Gasteiger partial charge in [0.05, 0.1) is 0 Å². The Morgan fingerprint density at radius 2 is 1.81 bits per heavy atom. The fourth-order valence-corrected chi connectivity index (χ4v) is 2.68. The second-order valence-corrected chi connectivity index (χ2v) is 5.21. The van der Waals surface area contributed by atoms with E-state index in [4.69, 9.17) is 5.11 Å². The zero-order valence-electron chi connectivity index (χ0n) is 11.7. The molecule has 1 heterocycles. The Balaban J connectivity index is 1.76. The summed E-state index contributed by atoms with van der Waals surface area (Å²) in [4.78, 5) is 14.0. The number of aromatic amines is 1. The molecule has 2 aromatic carbocycles. The zero-order chi connectivity index (χ0) is 14.7. The largest absolute Gasteiger partial charge is 0.477 e. The summed E-state index contributed by atoms with van der Waals surface area (Å²) in [6.07, 6.45) is 3.04. The highest BCUT2D eigenvalue weighted by Gasteiger charge is 2.09. The normalized spacial score (nSPS) is 10.9. The van der Waals surface area contributed by atoms with E-state index < -0.39 is 5.97 Å². The average Bonchev–Trinajstić information content (AvgIpc) is 2.94. The van der Waals surface area contributed by atoms with Crippen molar-refractivity contribution in [2.75, 3.05) is 0 Å². The summed E-state index contributed by atoms with van der Waals surface area (Å²) in [5.74, 6) is -0.915. The number of H-pyrrole nitrogens is 1. The monoisotopic (exact) mass is 279 g/mol. The lowest BCUT2D eigenvalue weighted by atomic mass is 10.0. The molecule has 0 bridgehead atoms. The first-order chi connectivity index (χ1) is 10.2. The van der Waals surface area contributed by atoms with E-state index in [1.807, 2.05) is 18.2 Å². The summed E-state index contributed by atoms with van der Waals surface area (Å²) in [6, 6.07) is 18.1. The van der Waals surface area contributed by atoms with Crippen LogP contribution in [0.1, 0.15) is 28.0 Å². The molecule has 0 saturated heterocycles. The molecule has 0 aliphatic heterocycles. The Hall–Kier alpha value is -2.55. The van der Waals surface area contributed by atoms with Gasteiger partial charge in [-0.3, -0.25) is 0 Å². The SMILES string of the molecule is O=C(O)c1cc2c(CCCc3ccccc3)cccc2[nH]1. The van der Waals surface area contributed by atoms with Crippen molar-refractivity contribution in [2.45, 2.75) is 19.3 Å². The number of carboxylic acid groups (broad SMARTS) is 1. The number of aryl methyl sites for hydroxylation is 2. The van der Waals surface area contributed by atoms with E-state index in [0.29, 0.717) is 0 Å². The Morgan fingerprint density at radius 3 is 2.57 bits per heavy atom. The molecule has 3 nitrogen and oxygen atoms in total. The zero-order valence-corrected chi connectivity index (χ0v) is 11.7. The molecule has 1 aromatic heterocycles. The summed E-state index contributed by atoms with van der Waals surface area (Å²) < 4.78 is 0. The van der Waals surface area contributed by atoms with E-state index >= 15 is 0 Å². The summed E-state index contributed by atoms with van der Waals surface area (Å²) in [6.45, 7) is 0. The third kappa shape index (κ3) is 2.97. The summed E-state index contributed by atoms with van der Waals surface area (Å²) in [5.41, 5.74) is 3.68. The van der Waals surface area contributed by atoms with Gasteiger partial charge in [0.1, 0.15) is 5.69 Å². The third-order valence-corrected chi connectivity index (χ3v) is 3.74. The number of rotatable bonds is 5. The van der Waals surface area contributed by atoms with Gasteiger partial charge in [-0.25, -0.2) is 4.79 Å². The van der Waals surface area contributed by atoms with Crippen LogP contribution in [0.25, 0.3) is 10.9 Å². The third-order valence-electron chi connectivity index (χ3n) is 3.74. The second kappa shape index (κ2) is 5.83. The van der Waals surface area contributed by atoms with Crippen LogP contribution in [-0.4, -0.2) is 16.1 Å². The van der Waals surface area contributed by atoms with Crippen LogP contribution < -0.4 is 0 Å². The van der Waals surface area contributed by atoms with E-state index in [2.05, 4.69) is 35.3 Å². The van der Waals surface area contributed by atoms with E-state index in [0.717, 1.165) is 30.2 Å². The quantitative estimate of drug-likeness (QED) is 0.740. The first-order valence-corrected chi connectivity index (χ1v) is 7.12. The van der Waals surface area contributed by atoms with Crippen LogP contribution in [0.5, 0.6) is 0 Å². The second-order valence-electron chi connectivity index (χ2n) is 5.21. The Bertz CT molecular complexity index is 759. The van der Waals surface area contributed by atoms with Crippen molar-refractivity contribution in [3.63, 3.8) is 0 Å². The molecule has 3 heteroatoms. The number of carboxylic acids is 1. The smallest absolute Gasteiger partial charge is 0.352 e. The van der Waals surface area contributed by atoms with Crippen LogP contribution in [0.2, 0.25) is 0 Å². The minimum absolute atomic E-state index is 0.250. The van der Waals surface area contributed by atoms with E-state index in [9.17, 15) is 4.79 Å². The van der Waals surface area contributed by atoms with Gasteiger partial charge in [-0.15, -0.1) is 0 Å². The lowest BCUT2D eigenvalue weighted by Crippen LogP contribution is -1.94. The van der Waals surface area contributed by atoms with Crippen molar-refractivity contribution in [3.8, 4) is 0 Å². The molecule has 0 atom stereocenters. The van der Waals surface area contributed by atoms with Gasteiger partial charge in [-0.05, 0) is 42.5 Å². The van der Waals surface area contributed by atoms with E-state index in [1.54, 1.807) is 6.07 Å². The van der Waals surface area contributed by atoms with Crippen LogP contribution in [0.3, 0.4) is 0 Å². The maximum atomic E-state index is 11.0. The number of aromatic nitrogens is 1. The van der Waals surface area contributed by atoms with Gasteiger partial charge in [-0.1, -0.05) is 42.5 Å². The predicted molar refractivity (Wildman–Crippen MR) is 83.7 cm³/mol. The number of carbonyl (C=O) groups is 1. The van der Waals surface area contributed by atoms with Gasteiger partial charge >= 0.3 is 5.97 Å². The molecule has 0 saturated carbocycles. The predicted octanol–water partition coefficient (Wildman–Crippen LogP) is 4.04. The molecule has 0 spiro atoms. The first kappa shape index (κ1) is 13.4. The van der Waals surface area contributed by atoms with Crippen molar-refractivity contribution in [2.24, 2.45) is 0 Å². The minimum atomic E-state index is -0.915. The van der Waals surface area contributed by atoms with Crippen LogP contribution in [0.15, 0.2) is 54.6 Å². The molecular weight excluding hydrogens is 262 g/mol. The Morgan fingerprint density at radius 1 is 1.00 bits per heavy atom. The topological polar surface area (TPSA) is 53.1 Å². The maximum Gasteiger partial charge on any atom is 0.352 e. The average molecular weight is 279 g/mol. The molecule has 0 aliphatic carbocycles. The van der Waals surface area contributed by atoms with Crippen LogP contribution in [0.4, 0.5) is 0 Å². The lowest BCUT2D eigenvalue weighted by molar-refractivity contribution is 0.0691. The molecule has 0 unspecified atom stereocenters. The molecule has 3 aromatic rings. The molecule has 2 N–H and O–H groups in total. The Labute approximate surface area is 123 Å². The fraction of sp³-hybridized carbons (Fsp3) is 0.167. The number of benzene rings is 2. The van der Waals surface area contributed by atoms with Crippen LogP contribution >= 0.6 is 0 Å².